The van der Waals surface area contributed by atoms with Crippen LogP contribution < -0.4 is 11.1 Å². The second-order valence-corrected chi connectivity index (χ2v) is 6.48. The number of aromatic nitrogens is 2. The molecule has 24 heavy (non-hydrogen) atoms. The molecule has 1 aromatic heterocycles. The minimum absolute atomic E-state index is 0.187. The molecule has 2 aromatic rings. The third kappa shape index (κ3) is 4.22. The number of amides is 2. The number of hydrogen-bond donors (Lipinski definition) is 2. The predicted molar refractivity (Wildman–Crippen MR) is 92.2 cm³/mol. The number of nitrogens with zero attached hydrogens (tertiary/aromatic N) is 2. The van der Waals surface area contributed by atoms with Crippen molar-refractivity contribution in [2.45, 2.75) is 45.2 Å². The number of carbonyl (C=O) groups excluding carboxylic acids is 2. The molecule has 0 aliphatic heterocycles. The van der Waals surface area contributed by atoms with Gasteiger partial charge in [0.2, 0.25) is 11.8 Å². The van der Waals surface area contributed by atoms with Crippen molar-refractivity contribution >= 4 is 11.8 Å². The van der Waals surface area contributed by atoms with Crippen molar-refractivity contribution in [2.75, 3.05) is 0 Å². The van der Waals surface area contributed by atoms with Crippen LogP contribution in [0.25, 0.3) is 0 Å². The van der Waals surface area contributed by atoms with Gasteiger partial charge in [-0.15, -0.1) is 0 Å². The van der Waals surface area contributed by atoms with Gasteiger partial charge in [0.1, 0.15) is 5.54 Å². The zero-order valence-electron chi connectivity index (χ0n) is 14.3. The molecule has 6 heteroatoms. The van der Waals surface area contributed by atoms with E-state index in [-0.39, 0.29) is 18.9 Å². The van der Waals surface area contributed by atoms with Gasteiger partial charge in [-0.3, -0.25) is 14.3 Å². The molecular formula is C18H24N4O2. The van der Waals surface area contributed by atoms with Crippen LogP contribution in [0, 0.1) is 0 Å². The van der Waals surface area contributed by atoms with E-state index >= 15 is 0 Å². The lowest BCUT2D eigenvalue weighted by molar-refractivity contribution is -0.131. The fourth-order valence-corrected chi connectivity index (χ4v) is 2.68. The molecule has 0 saturated carbocycles. The maximum Gasteiger partial charge on any atom is 0.244 e. The molecule has 1 atom stereocenters. The van der Waals surface area contributed by atoms with Crippen LogP contribution in [0.2, 0.25) is 0 Å². The molecule has 0 aliphatic rings. The molecule has 0 aliphatic carbocycles. The van der Waals surface area contributed by atoms with Crippen LogP contribution >= 0.6 is 0 Å². The van der Waals surface area contributed by atoms with Crippen molar-refractivity contribution in [3.05, 3.63) is 53.9 Å². The Hall–Kier alpha value is -2.63. The SMILES string of the molecule is CC(C)c1ccccc1CC(=O)NC(C)(Cn1cccn1)C(N)=O. The predicted octanol–water partition coefficient (Wildman–Crippen LogP) is 1.61. The zero-order chi connectivity index (χ0) is 17.7. The van der Waals surface area contributed by atoms with Gasteiger partial charge in [-0.05, 0) is 30.0 Å². The summed E-state index contributed by atoms with van der Waals surface area (Å²) in [6.07, 6.45) is 3.54. The Morgan fingerprint density at radius 1 is 1.29 bits per heavy atom. The van der Waals surface area contributed by atoms with Crippen LogP contribution in [0.3, 0.4) is 0 Å². The number of benzene rings is 1. The van der Waals surface area contributed by atoms with E-state index < -0.39 is 11.4 Å². The van der Waals surface area contributed by atoms with E-state index in [0.29, 0.717) is 5.92 Å². The molecule has 128 valence electrons. The monoisotopic (exact) mass is 328 g/mol. The molecule has 0 saturated heterocycles. The normalized spacial score (nSPS) is 13.5. The minimum Gasteiger partial charge on any atom is -0.368 e. The van der Waals surface area contributed by atoms with Gasteiger partial charge in [0.25, 0.3) is 0 Å². The lowest BCUT2D eigenvalue weighted by atomic mass is 9.94. The van der Waals surface area contributed by atoms with Crippen LogP contribution in [0.5, 0.6) is 0 Å². The number of rotatable bonds is 7. The van der Waals surface area contributed by atoms with E-state index in [2.05, 4.69) is 24.3 Å². The molecule has 1 unspecified atom stereocenters. The maximum absolute atomic E-state index is 12.5. The Morgan fingerprint density at radius 2 is 2.00 bits per heavy atom. The number of carbonyl (C=O) groups is 2. The quantitative estimate of drug-likeness (QED) is 0.809. The highest BCUT2D eigenvalue weighted by atomic mass is 16.2. The van der Waals surface area contributed by atoms with Gasteiger partial charge in [0, 0.05) is 12.4 Å². The number of nitrogens with one attached hydrogen (secondary N) is 1. The van der Waals surface area contributed by atoms with E-state index in [1.165, 1.54) is 0 Å². The summed E-state index contributed by atoms with van der Waals surface area (Å²) in [6.45, 7) is 5.97. The third-order valence-corrected chi connectivity index (χ3v) is 4.02. The molecular weight excluding hydrogens is 304 g/mol. The van der Waals surface area contributed by atoms with Crippen LogP contribution in [0.4, 0.5) is 0 Å². The number of nitrogens with two attached hydrogens (primary N) is 1. The van der Waals surface area contributed by atoms with E-state index in [1.54, 1.807) is 30.1 Å². The Bertz CT molecular complexity index is 710. The van der Waals surface area contributed by atoms with Gasteiger partial charge in [-0.25, -0.2) is 0 Å². The summed E-state index contributed by atoms with van der Waals surface area (Å²) in [7, 11) is 0. The van der Waals surface area contributed by atoms with Gasteiger partial charge >= 0.3 is 0 Å². The highest BCUT2D eigenvalue weighted by Crippen LogP contribution is 2.20. The second-order valence-electron chi connectivity index (χ2n) is 6.48. The van der Waals surface area contributed by atoms with Crippen molar-refractivity contribution in [1.29, 1.82) is 0 Å². The number of hydrogen-bond acceptors (Lipinski definition) is 3. The highest BCUT2D eigenvalue weighted by molar-refractivity contribution is 5.90. The van der Waals surface area contributed by atoms with E-state index in [1.807, 2.05) is 24.3 Å². The van der Waals surface area contributed by atoms with Crippen molar-refractivity contribution in [3.63, 3.8) is 0 Å². The second kappa shape index (κ2) is 7.29. The Kier molecular flexibility index (Phi) is 5.39. The van der Waals surface area contributed by atoms with Crippen molar-refractivity contribution < 1.29 is 9.59 Å². The first-order chi connectivity index (χ1) is 11.3. The summed E-state index contributed by atoms with van der Waals surface area (Å²) in [5, 5.41) is 6.84. The van der Waals surface area contributed by atoms with Crippen LogP contribution in [-0.4, -0.2) is 27.1 Å². The van der Waals surface area contributed by atoms with Crippen molar-refractivity contribution in [1.82, 2.24) is 15.1 Å². The lowest BCUT2D eigenvalue weighted by Gasteiger charge is -2.27. The Morgan fingerprint density at radius 3 is 2.58 bits per heavy atom. The summed E-state index contributed by atoms with van der Waals surface area (Å²) in [5.41, 5.74) is 6.39. The molecule has 2 rings (SSSR count). The minimum atomic E-state index is -1.20. The van der Waals surface area contributed by atoms with Crippen LogP contribution in [0.15, 0.2) is 42.7 Å². The lowest BCUT2D eigenvalue weighted by Crippen LogP contribution is -2.58. The first-order valence-electron chi connectivity index (χ1n) is 7.98. The molecule has 0 bridgehead atoms. The molecule has 0 fully saturated rings. The molecule has 0 radical (unpaired) electrons. The summed E-state index contributed by atoms with van der Waals surface area (Å²) >= 11 is 0. The van der Waals surface area contributed by atoms with Gasteiger partial charge in [-0.1, -0.05) is 38.1 Å². The van der Waals surface area contributed by atoms with Crippen molar-refractivity contribution in [2.24, 2.45) is 5.73 Å². The Balaban J connectivity index is 2.13. The molecule has 6 nitrogen and oxygen atoms in total. The first-order valence-corrected chi connectivity index (χ1v) is 7.98. The summed E-state index contributed by atoms with van der Waals surface area (Å²) in [6, 6.07) is 9.57. The molecule has 2 amide bonds. The number of primary amides is 1. The van der Waals surface area contributed by atoms with Gasteiger partial charge in [0.15, 0.2) is 0 Å². The van der Waals surface area contributed by atoms with Gasteiger partial charge in [0.05, 0.1) is 13.0 Å². The zero-order valence-corrected chi connectivity index (χ0v) is 14.3. The molecule has 3 N–H and O–H groups in total. The largest absolute Gasteiger partial charge is 0.368 e. The van der Waals surface area contributed by atoms with E-state index in [9.17, 15) is 9.59 Å². The fraction of sp³-hybridized carbons (Fsp3) is 0.389. The summed E-state index contributed by atoms with van der Waals surface area (Å²) in [4.78, 5) is 24.4. The first kappa shape index (κ1) is 17.7. The molecule has 1 aromatic carbocycles. The molecule has 1 heterocycles. The summed E-state index contributed by atoms with van der Waals surface area (Å²) in [5.74, 6) is -0.513. The topological polar surface area (TPSA) is 90.0 Å². The fourth-order valence-electron chi connectivity index (χ4n) is 2.68. The highest BCUT2D eigenvalue weighted by Gasteiger charge is 2.33. The van der Waals surface area contributed by atoms with E-state index in [0.717, 1.165) is 11.1 Å². The Labute approximate surface area is 142 Å². The van der Waals surface area contributed by atoms with E-state index in [4.69, 9.17) is 5.73 Å². The summed E-state index contributed by atoms with van der Waals surface area (Å²) < 4.78 is 1.58. The smallest absolute Gasteiger partial charge is 0.244 e. The van der Waals surface area contributed by atoms with Gasteiger partial charge in [-0.2, -0.15) is 5.10 Å². The van der Waals surface area contributed by atoms with Crippen LogP contribution in [0.1, 0.15) is 37.8 Å². The van der Waals surface area contributed by atoms with Crippen molar-refractivity contribution in [3.8, 4) is 0 Å². The maximum atomic E-state index is 12.5. The average Bonchev–Trinajstić information content (AvgIpc) is 2.99. The van der Waals surface area contributed by atoms with Gasteiger partial charge < -0.3 is 11.1 Å². The molecule has 0 spiro atoms. The standard InChI is InChI=1S/C18H24N4O2/c1-13(2)15-8-5-4-7-14(15)11-16(23)21-18(3,17(19)24)12-22-10-6-9-20-22/h4-10,13H,11-12H2,1-3H3,(H2,19,24)(H,21,23). The third-order valence-electron chi connectivity index (χ3n) is 4.02. The average molecular weight is 328 g/mol. The van der Waals surface area contributed by atoms with Crippen LogP contribution in [-0.2, 0) is 22.6 Å².